The van der Waals surface area contributed by atoms with Crippen molar-refractivity contribution in [2.24, 2.45) is 5.92 Å². The Kier molecular flexibility index (Phi) is 5.57. The van der Waals surface area contributed by atoms with E-state index in [1.165, 1.54) is 17.7 Å². The van der Waals surface area contributed by atoms with Gasteiger partial charge in [-0.2, -0.15) is 5.10 Å². The summed E-state index contributed by atoms with van der Waals surface area (Å²) in [6.07, 6.45) is 3.03. The summed E-state index contributed by atoms with van der Waals surface area (Å²) < 4.78 is 6.94. The maximum Gasteiger partial charge on any atom is 0.315 e. The Morgan fingerprint density at radius 3 is 2.73 bits per heavy atom. The maximum atomic E-state index is 12.7. The third-order valence-electron chi connectivity index (χ3n) is 5.96. The smallest absolute Gasteiger partial charge is 0.315 e. The minimum absolute atomic E-state index is 0.0702. The predicted octanol–water partition coefficient (Wildman–Crippen LogP) is 2.40. The number of aryl methyl sites for hydroxylation is 3. The van der Waals surface area contributed by atoms with E-state index in [1.807, 2.05) is 30.9 Å². The van der Waals surface area contributed by atoms with Crippen LogP contribution in [-0.4, -0.2) is 56.3 Å². The van der Waals surface area contributed by atoms with Gasteiger partial charge in [-0.3, -0.25) is 9.59 Å². The highest BCUT2D eigenvalue weighted by molar-refractivity contribution is 7.16. The van der Waals surface area contributed by atoms with Gasteiger partial charge in [-0.25, -0.2) is 19.6 Å². The minimum atomic E-state index is -0.324. The molecule has 10 nitrogen and oxygen atoms in total. The summed E-state index contributed by atoms with van der Waals surface area (Å²) in [7, 11) is 0. The lowest BCUT2D eigenvalue weighted by atomic mass is 9.99. The van der Waals surface area contributed by atoms with Crippen LogP contribution in [0.5, 0.6) is 0 Å². The summed E-state index contributed by atoms with van der Waals surface area (Å²) >= 11 is 1.45. The Morgan fingerprint density at radius 1 is 1.21 bits per heavy atom. The molecule has 1 amide bonds. The monoisotopic (exact) mass is 467 g/mol. The van der Waals surface area contributed by atoms with E-state index in [0.29, 0.717) is 30.6 Å². The van der Waals surface area contributed by atoms with E-state index in [0.717, 1.165) is 40.6 Å². The van der Waals surface area contributed by atoms with Gasteiger partial charge < -0.3 is 15.0 Å². The molecular weight excluding hydrogens is 442 g/mol. The van der Waals surface area contributed by atoms with Gasteiger partial charge in [-0.05, 0) is 39.7 Å². The van der Waals surface area contributed by atoms with Crippen molar-refractivity contribution in [2.75, 3.05) is 29.9 Å². The Balaban J connectivity index is 1.20. The molecule has 0 radical (unpaired) electrons. The van der Waals surface area contributed by atoms with Gasteiger partial charge in [0.1, 0.15) is 18.1 Å². The standard InChI is InChI=1S/C22H25N7O3S/c1-4-32-21(31)15-5-6-16-19(15)25-22(33-16)26-20(30)14-9-28(10-14)17-8-18(24-11-23-17)29-13(3)7-12(2)27-29/h7-8,11,14-15H,4-6,9-10H2,1-3H3,(H,25,26,30). The molecule has 11 heteroatoms. The number of fused-ring (bicyclic) bond motifs is 1. The first-order chi connectivity index (χ1) is 15.9. The maximum absolute atomic E-state index is 12.7. The molecule has 172 valence electrons. The van der Waals surface area contributed by atoms with E-state index >= 15 is 0 Å². The van der Waals surface area contributed by atoms with Gasteiger partial charge in [0.25, 0.3) is 0 Å². The molecular formula is C22H25N7O3S. The average molecular weight is 468 g/mol. The van der Waals surface area contributed by atoms with Crippen molar-refractivity contribution in [3.63, 3.8) is 0 Å². The fourth-order valence-corrected chi connectivity index (χ4v) is 5.32. The first-order valence-corrected chi connectivity index (χ1v) is 11.8. The molecule has 3 aromatic rings. The van der Waals surface area contributed by atoms with Gasteiger partial charge in [-0.1, -0.05) is 0 Å². The molecule has 0 spiro atoms. The number of nitrogens with zero attached hydrogens (tertiary/aromatic N) is 6. The molecule has 0 aromatic carbocycles. The highest BCUT2D eigenvalue weighted by Crippen LogP contribution is 2.39. The van der Waals surface area contributed by atoms with E-state index in [-0.39, 0.29) is 23.7 Å². The number of hydrogen-bond donors (Lipinski definition) is 1. The van der Waals surface area contributed by atoms with Gasteiger partial charge in [0, 0.05) is 29.7 Å². The largest absolute Gasteiger partial charge is 0.465 e. The first-order valence-electron chi connectivity index (χ1n) is 11.0. The number of hydrogen-bond acceptors (Lipinski definition) is 9. The number of carbonyl (C=O) groups is 2. The van der Waals surface area contributed by atoms with Gasteiger partial charge in [-0.15, -0.1) is 11.3 Å². The van der Waals surface area contributed by atoms with Crippen molar-refractivity contribution in [3.8, 4) is 5.82 Å². The van der Waals surface area contributed by atoms with E-state index in [1.54, 1.807) is 11.6 Å². The number of amides is 1. The van der Waals surface area contributed by atoms with Crippen LogP contribution in [0.2, 0.25) is 0 Å². The van der Waals surface area contributed by atoms with Crippen LogP contribution in [0.25, 0.3) is 5.82 Å². The Morgan fingerprint density at radius 2 is 2.00 bits per heavy atom. The normalized spacial score (nSPS) is 17.5. The molecule has 5 rings (SSSR count). The van der Waals surface area contributed by atoms with Crippen molar-refractivity contribution in [1.82, 2.24) is 24.7 Å². The number of ether oxygens (including phenoxy) is 1. The summed E-state index contributed by atoms with van der Waals surface area (Å²) in [6, 6.07) is 3.88. The van der Waals surface area contributed by atoms with Crippen molar-refractivity contribution in [3.05, 3.63) is 40.4 Å². The van der Waals surface area contributed by atoms with Gasteiger partial charge >= 0.3 is 5.97 Å². The SMILES string of the molecule is CCOC(=O)C1CCc2sc(NC(=O)C3CN(c4cc(-n5nc(C)cc5C)ncn4)C3)nc21. The zero-order valence-corrected chi connectivity index (χ0v) is 19.6. The number of esters is 1. The predicted molar refractivity (Wildman–Crippen MR) is 123 cm³/mol. The van der Waals surface area contributed by atoms with E-state index in [9.17, 15) is 9.59 Å². The molecule has 0 bridgehead atoms. The Hall–Kier alpha value is -3.34. The highest BCUT2D eigenvalue weighted by Gasteiger charge is 2.36. The minimum Gasteiger partial charge on any atom is -0.465 e. The molecule has 3 aromatic heterocycles. The van der Waals surface area contributed by atoms with E-state index in [2.05, 4.69) is 25.4 Å². The fraction of sp³-hybridized carbons (Fsp3) is 0.455. The zero-order valence-electron chi connectivity index (χ0n) is 18.7. The number of carbonyl (C=O) groups excluding carboxylic acids is 2. The second kappa shape index (κ2) is 8.54. The number of aromatic nitrogens is 5. The average Bonchev–Trinajstić information content (AvgIpc) is 3.41. The van der Waals surface area contributed by atoms with Crippen LogP contribution in [-0.2, 0) is 20.7 Å². The van der Waals surface area contributed by atoms with Crippen molar-refractivity contribution < 1.29 is 14.3 Å². The summed E-state index contributed by atoms with van der Waals surface area (Å²) in [4.78, 5) is 41.2. The first kappa shape index (κ1) is 21.5. The lowest BCUT2D eigenvalue weighted by Gasteiger charge is -2.38. The third kappa shape index (κ3) is 4.08. The molecule has 4 heterocycles. The summed E-state index contributed by atoms with van der Waals surface area (Å²) in [5.74, 6) is 0.680. The zero-order chi connectivity index (χ0) is 23.1. The van der Waals surface area contributed by atoms with Gasteiger partial charge in [0.05, 0.1) is 23.9 Å². The van der Waals surface area contributed by atoms with E-state index < -0.39 is 0 Å². The van der Waals surface area contributed by atoms with Gasteiger partial charge in [0.15, 0.2) is 10.9 Å². The van der Waals surface area contributed by atoms with Crippen LogP contribution in [0.1, 0.15) is 41.2 Å². The van der Waals surface area contributed by atoms with Crippen LogP contribution >= 0.6 is 11.3 Å². The summed E-state index contributed by atoms with van der Waals surface area (Å²) in [6.45, 7) is 7.20. The third-order valence-corrected chi connectivity index (χ3v) is 7.01. The summed E-state index contributed by atoms with van der Waals surface area (Å²) in [5.41, 5.74) is 2.68. The fourth-order valence-electron chi connectivity index (χ4n) is 4.28. The molecule has 0 saturated carbocycles. The lowest BCUT2D eigenvalue weighted by molar-refractivity contribution is -0.145. The molecule has 1 saturated heterocycles. The lowest BCUT2D eigenvalue weighted by Crippen LogP contribution is -2.52. The van der Waals surface area contributed by atoms with Crippen molar-refractivity contribution in [1.29, 1.82) is 0 Å². The van der Waals surface area contributed by atoms with Crippen LogP contribution in [0, 0.1) is 19.8 Å². The Labute approximate surface area is 195 Å². The number of anilines is 2. The van der Waals surface area contributed by atoms with Crippen LogP contribution in [0.4, 0.5) is 10.9 Å². The molecule has 2 aliphatic rings. The second-order valence-corrected chi connectivity index (χ2v) is 9.42. The van der Waals surface area contributed by atoms with Gasteiger partial charge in [0.2, 0.25) is 5.91 Å². The molecule has 1 fully saturated rings. The molecule has 1 aliphatic carbocycles. The van der Waals surface area contributed by atoms with Crippen molar-refractivity contribution >= 4 is 34.2 Å². The molecule has 1 atom stereocenters. The van der Waals surface area contributed by atoms with Crippen LogP contribution in [0.15, 0.2) is 18.5 Å². The topological polar surface area (TPSA) is 115 Å². The number of nitrogens with one attached hydrogen (secondary N) is 1. The van der Waals surface area contributed by atoms with E-state index in [4.69, 9.17) is 4.74 Å². The second-order valence-electron chi connectivity index (χ2n) is 8.34. The van der Waals surface area contributed by atoms with Crippen LogP contribution in [0.3, 0.4) is 0 Å². The molecule has 33 heavy (non-hydrogen) atoms. The summed E-state index contributed by atoms with van der Waals surface area (Å²) in [5, 5.41) is 7.95. The Bertz CT molecular complexity index is 1210. The quantitative estimate of drug-likeness (QED) is 0.550. The highest BCUT2D eigenvalue weighted by atomic mass is 32.1. The van der Waals surface area contributed by atoms with Crippen molar-refractivity contribution in [2.45, 2.75) is 39.5 Å². The molecule has 1 aliphatic heterocycles. The molecule has 1 N–H and O–H groups in total. The van der Waals surface area contributed by atoms with Crippen LogP contribution < -0.4 is 10.2 Å². The number of rotatable bonds is 6. The molecule has 1 unspecified atom stereocenters. The number of thiazole rings is 1.